The lowest BCUT2D eigenvalue weighted by Gasteiger charge is -1.96. The number of carboxylic acids is 1. The largest absolute Gasteiger partial charge is 0.481 e. The monoisotopic (exact) mass is 182 g/mol. The lowest BCUT2D eigenvalue weighted by Crippen LogP contribution is -2.03. The Balaban J connectivity index is 2.77. The van der Waals surface area contributed by atoms with Crippen LogP contribution in [0.3, 0.4) is 0 Å². The Hall–Kier alpha value is -1.12. The van der Waals surface area contributed by atoms with Crippen LogP contribution in [0.1, 0.15) is 20.8 Å². The molecule has 0 aromatic heterocycles. The van der Waals surface area contributed by atoms with Gasteiger partial charge in [-0.05, 0) is 23.8 Å². The van der Waals surface area contributed by atoms with Crippen molar-refractivity contribution in [3.8, 4) is 0 Å². The molecule has 1 fully saturated rings. The molecule has 0 spiro atoms. The Morgan fingerprint density at radius 1 is 1.46 bits per heavy atom. The predicted molar refractivity (Wildman–Crippen MR) is 48.2 cm³/mol. The number of hydrogen-bond acceptors (Lipinski definition) is 2. The fraction of sp³-hybridized carbons (Fsp3) is 0.600. The summed E-state index contributed by atoms with van der Waals surface area (Å²) in [6, 6.07) is 0. The second kappa shape index (κ2) is 2.98. The summed E-state index contributed by atoms with van der Waals surface area (Å²) in [6.45, 7) is 5.51. The number of rotatable bonds is 3. The Bertz CT molecular complexity index is 276. The van der Waals surface area contributed by atoms with E-state index < -0.39 is 5.97 Å². The van der Waals surface area contributed by atoms with Crippen molar-refractivity contribution in [3.05, 3.63) is 11.6 Å². The first-order valence-electron chi connectivity index (χ1n) is 4.27. The first-order chi connectivity index (χ1) is 5.91. The molecule has 2 atom stereocenters. The van der Waals surface area contributed by atoms with Crippen molar-refractivity contribution >= 4 is 12.3 Å². The Morgan fingerprint density at radius 2 is 2.00 bits per heavy atom. The number of allylic oxidation sites excluding steroid dienone is 2. The third-order valence-electron chi connectivity index (χ3n) is 2.81. The van der Waals surface area contributed by atoms with Gasteiger partial charge in [-0.1, -0.05) is 19.9 Å². The molecule has 0 unspecified atom stereocenters. The smallest absolute Gasteiger partial charge is 0.307 e. The van der Waals surface area contributed by atoms with E-state index in [-0.39, 0.29) is 17.3 Å². The van der Waals surface area contributed by atoms with Gasteiger partial charge in [-0.3, -0.25) is 9.59 Å². The SMILES string of the molecule is C/C(C=O)=C\[C@@H]1[C@H](C(=O)O)C1(C)C. The molecule has 3 nitrogen and oxygen atoms in total. The Morgan fingerprint density at radius 3 is 2.31 bits per heavy atom. The van der Waals surface area contributed by atoms with Crippen LogP contribution in [0, 0.1) is 17.3 Å². The quantitative estimate of drug-likeness (QED) is 0.531. The van der Waals surface area contributed by atoms with Crippen molar-refractivity contribution in [3.63, 3.8) is 0 Å². The van der Waals surface area contributed by atoms with Gasteiger partial charge in [0.1, 0.15) is 6.29 Å². The van der Waals surface area contributed by atoms with Crippen LogP contribution >= 0.6 is 0 Å². The molecule has 0 bridgehead atoms. The van der Waals surface area contributed by atoms with Crippen LogP contribution in [-0.2, 0) is 9.59 Å². The lowest BCUT2D eigenvalue weighted by atomic mass is 10.1. The third-order valence-corrected chi connectivity index (χ3v) is 2.81. The minimum atomic E-state index is -0.773. The van der Waals surface area contributed by atoms with Crippen molar-refractivity contribution < 1.29 is 14.7 Å². The van der Waals surface area contributed by atoms with E-state index >= 15 is 0 Å². The van der Waals surface area contributed by atoms with E-state index in [4.69, 9.17) is 5.11 Å². The van der Waals surface area contributed by atoms with E-state index in [1.807, 2.05) is 13.8 Å². The van der Waals surface area contributed by atoms with E-state index in [9.17, 15) is 9.59 Å². The van der Waals surface area contributed by atoms with Crippen LogP contribution in [0.4, 0.5) is 0 Å². The van der Waals surface area contributed by atoms with Gasteiger partial charge in [-0.15, -0.1) is 0 Å². The Kier molecular flexibility index (Phi) is 2.28. The lowest BCUT2D eigenvalue weighted by molar-refractivity contribution is -0.139. The fourth-order valence-electron chi connectivity index (χ4n) is 1.78. The molecule has 0 aromatic carbocycles. The molecular weight excluding hydrogens is 168 g/mol. The first-order valence-corrected chi connectivity index (χ1v) is 4.27. The number of aldehydes is 1. The molecule has 0 aromatic rings. The molecule has 0 aliphatic heterocycles. The van der Waals surface area contributed by atoms with Gasteiger partial charge in [0.05, 0.1) is 5.92 Å². The summed E-state index contributed by atoms with van der Waals surface area (Å²) < 4.78 is 0. The molecule has 1 aliphatic rings. The molecular formula is C10H14O3. The predicted octanol–water partition coefficient (Wildman–Crippen LogP) is 1.49. The summed E-state index contributed by atoms with van der Waals surface area (Å²) in [7, 11) is 0. The van der Waals surface area contributed by atoms with Gasteiger partial charge in [0, 0.05) is 0 Å². The average Bonchev–Trinajstić information content (AvgIpc) is 2.53. The standard InChI is InChI=1S/C10H14O3/c1-6(5-11)4-7-8(9(12)13)10(7,2)3/h4-5,7-8H,1-3H3,(H,12,13)/b6-4+/t7-,8-/m1/s1. The highest BCUT2D eigenvalue weighted by Crippen LogP contribution is 2.59. The summed E-state index contributed by atoms with van der Waals surface area (Å²) in [5.41, 5.74) is 0.414. The van der Waals surface area contributed by atoms with E-state index in [0.717, 1.165) is 6.29 Å². The van der Waals surface area contributed by atoms with E-state index in [1.54, 1.807) is 13.0 Å². The van der Waals surface area contributed by atoms with Crippen LogP contribution in [0.15, 0.2) is 11.6 Å². The maximum atomic E-state index is 10.7. The van der Waals surface area contributed by atoms with Gasteiger partial charge >= 0.3 is 5.97 Å². The van der Waals surface area contributed by atoms with Crippen molar-refractivity contribution in [2.75, 3.05) is 0 Å². The number of hydrogen-bond donors (Lipinski definition) is 1. The third kappa shape index (κ3) is 1.64. The number of carboxylic acid groups (broad SMARTS) is 1. The number of carbonyl (C=O) groups excluding carboxylic acids is 1. The zero-order chi connectivity index (χ0) is 10.2. The normalized spacial score (nSPS) is 31.2. The zero-order valence-electron chi connectivity index (χ0n) is 8.07. The molecule has 13 heavy (non-hydrogen) atoms. The number of aliphatic carboxylic acids is 1. The molecule has 0 radical (unpaired) electrons. The van der Waals surface area contributed by atoms with Crippen molar-refractivity contribution in [1.29, 1.82) is 0 Å². The van der Waals surface area contributed by atoms with Gasteiger partial charge in [-0.25, -0.2) is 0 Å². The van der Waals surface area contributed by atoms with Crippen molar-refractivity contribution in [2.24, 2.45) is 17.3 Å². The second-order valence-corrected chi connectivity index (χ2v) is 4.19. The maximum absolute atomic E-state index is 10.7. The van der Waals surface area contributed by atoms with Crippen LogP contribution < -0.4 is 0 Å². The van der Waals surface area contributed by atoms with Crippen LogP contribution in [-0.4, -0.2) is 17.4 Å². The van der Waals surface area contributed by atoms with E-state index in [1.165, 1.54) is 0 Å². The zero-order valence-corrected chi connectivity index (χ0v) is 8.07. The number of carbonyl (C=O) groups is 2. The molecule has 72 valence electrons. The highest BCUT2D eigenvalue weighted by molar-refractivity contribution is 5.78. The summed E-state index contributed by atoms with van der Waals surface area (Å²) in [5.74, 6) is -1.09. The first kappa shape index (κ1) is 9.96. The van der Waals surface area contributed by atoms with Crippen LogP contribution in [0.25, 0.3) is 0 Å². The summed E-state index contributed by atoms with van der Waals surface area (Å²) in [6.07, 6.45) is 2.51. The molecule has 1 aliphatic carbocycles. The fourth-order valence-corrected chi connectivity index (χ4v) is 1.78. The molecule has 0 saturated heterocycles. The highest BCUT2D eigenvalue weighted by atomic mass is 16.4. The minimum absolute atomic E-state index is 0.00944. The molecule has 1 rings (SSSR count). The maximum Gasteiger partial charge on any atom is 0.307 e. The van der Waals surface area contributed by atoms with E-state index in [2.05, 4.69) is 0 Å². The van der Waals surface area contributed by atoms with E-state index in [0.29, 0.717) is 5.57 Å². The average molecular weight is 182 g/mol. The van der Waals surface area contributed by atoms with Gasteiger partial charge in [0.2, 0.25) is 0 Å². The minimum Gasteiger partial charge on any atom is -0.481 e. The summed E-state index contributed by atoms with van der Waals surface area (Å²) in [5, 5.41) is 8.83. The molecule has 0 amide bonds. The van der Waals surface area contributed by atoms with Gasteiger partial charge in [-0.2, -0.15) is 0 Å². The summed E-state index contributed by atoms with van der Waals surface area (Å²) >= 11 is 0. The molecule has 3 heteroatoms. The van der Waals surface area contributed by atoms with Gasteiger partial charge in [0.15, 0.2) is 0 Å². The Labute approximate surface area is 77.4 Å². The summed E-state index contributed by atoms with van der Waals surface area (Å²) in [4.78, 5) is 21.1. The molecule has 1 saturated carbocycles. The highest BCUT2D eigenvalue weighted by Gasteiger charge is 2.60. The van der Waals surface area contributed by atoms with Gasteiger partial charge in [0.25, 0.3) is 0 Å². The van der Waals surface area contributed by atoms with Crippen molar-refractivity contribution in [1.82, 2.24) is 0 Å². The second-order valence-electron chi connectivity index (χ2n) is 4.19. The van der Waals surface area contributed by atoms with Gasteiger partial charge < -0.3 is 5.11 Å². The topological polar surface area (TPSA) is 54.4 Å². The molecule has 0 heterocycles. The molecule has 1 N–H and O–H groups in total. The van der Waals surface area contributed by atoms with Crippen LogP contribution in [0.5, 0.6) is 0 Å². The van der Waals surface area contributed by atoms with Crippen molar-refractivity contribution in [2.45, 2.75) is 20.8 Å². The van der Waals surface area contributed by atoms with Crippen LogP contribution in [0.2, 0.25) is 0 Å².